The van der Waals surface area contributed by atoms with Gasteiger partial charge in [-0.05, 0) is 12.1 Å². The number of hydrogen-bond acceptors (Lipinski definition) is 3. The Labute approximate surface area is 139 Å². The molecule has 2 aromatic carbocycles. The minimum Gasteiger partial charge on any atom is -0.456 e. The van der Waals surface area contributed by atoms with Crippen molar-refractivity contribution in [2.45, 2.75) is 0 Å². The van der Waals surface area contributed by atoms with E-state index in [1.807, 2.05) is 54.6 Å². The summed E-state index contributed by atoms with van der Waals surface area (Å²) in [4.78, 5) is 17.0. The predicted molar refractivity (Wildman–Crippen MR) is 92.5 cm³/mol. The van der Waals surface area contributed by atoms with Crippen molar-refractivity contribution in [1.29, 1.82) is 0 Å². The second-order valence-corrected chi connectivity index (χ2v) is 5.57. The van der Waals surface area contributed by atoms with Crippen molar-refractivity contribution in [3.8, 4) is 11.3 Å². The largest absolute Gasteiger partial charge is 0.456 e. The highest BCUT2D eigenvalue weighted by Crippen LogP contribution is 2.25. The van der Waals surface area contributed by atoms with E-state index in [2.05, 4.69) is 11.6 Å². The Morgan fingerprint density at radius 3 is 2.52 bits per heavy atom. The highest BCUT2D eigenvalue weighted by atomic mass is 35.5. The third-order valence-electron chi connectivity index (χ3n) is 3.37. The number of pyridine rings is 1. The van der Waals surface area contributed by atoms with E-state index in [1.165, 1.54) is 0 Å². The zero-order valence-electron chi connectivity index (χ0n) is 12.3. The molecule has 4 heteroatoms. The summed E-state index contributed by atoms with van der Waals surface area (Å²) in [5, 5.41) is 1.03. The fourth-order valence-corrected chi connectivity index (χ4v) is 2.38. The molecule has 3 aromatic rings. The standard InChI is InChI=1S/C19H14ClNO2/c1-13(20)12-23-19(22)16-11-18(14-7-3-2-4-8-14)21-17-10-6-5-9-15(16)17/h2-11H,1,12H2. The lowest BCUT2D eigenvalue weighted by Crippen LogP contribution is -2.08. The molecule has 0 aliphatic carbocycles. The highest BCUT2D eigenvalue weighted by Gasteiger charge is 2.15. The van der Waals surface area contributed by atoms with Crippen LogP contribution in [0.25, 0.3) is 22.2 Å². The van der Waals surface area contributed by atoms with Crippen molar-refractivity contribution in [2.24, 2.45) is 0 Å². The molecule has 0 atom stereocenters. The molecular weight excluding hydrogens is 310 g/mol. The highest BCUT2D eigenvalue weighted by molar-refractivity contribution is 6.29. The van der Waals surface area contributed by atoms with Crippen LogP contribution >= 0.6 is 11.6 Å². The second-order valence-electron chi connectivity index (χ2n) is 5.03. The quantitative estimate of drug-likeness (QED) is 0.647. The van der Waals surface area contributed by atoms with Gasteiger partial charge >= 0.3 is 5.97 Å². The first-order chi connectivity index (χ1) is 11.1. The van der Waals surface area contributed by atoms with Crippen molar-refractivity contribution in [2.75, 3.05) is 6.61 Å². The van der Waals surface area contributed by atoms with Crippen molar-refractivity contribution >= 4 is 28.5 Å². The third kappa shape index (κ3) is 3.41. The van der Waals surface area contributed by atoms with Gasteiger partial charge in [0.2, 0.25) is 0 Å². The summed E-state index contributed by atoms with van der Waals surface area (Å²) in [5.74, 6) is -0.442. The molecule has 0 N–H and O–H groups in total. The number of nitrogens with zero attached hydrogens (tertiary/aromatic N) is 1. The van der Waals surface area contributed by atoms with Gasteiger partial charge in [-0.25, -0.2) is 9.78 Å². The normalized spacial score (nSPS) is 10.5. The Kier molecular flexibility index (Phi) is 4.40. The summed E-state index contributed by atoms with van der Waals surface area (Å²) >= 11 is 5.67. The van der Waals surface area contributed by atoms with Crippen LogP contribution < -0.4 is 0 Å². The number of aromatic nitrogens is 1. The minimum absolute atomic E-state index is 0.0162. The van der Waals surface area contributed by atoms with Crippen LogP contribution in [0.4, 0.5) is 0 Å². The van der Waals surface area contributed by atoms with E-state index in [-0.39, 0.29) is 11.6 Å². The van der Waals surface area contributed by atoms with Crippen LogP contribution in [0.15, 0.2) is 72.3 Å². The number of benzene rings is 2. The van der Waals surface area contributed by atoms with Gasteiger partial charge in [0.15, 0.2) is 0 Å². The maximum atomic E-state index is 12.4. The molecule has 0 aliphatic heterocycles. The van der Waals surface area contributed by atoms with Crippen molar-refractivity contribution < 1.29 is 9.53 Å². The smallest absolute Gasteiger partial charge is 0.339 e. The van der Waals surface area contributed by atoms with Gasteiger partial charge in [0.25, 0.3) is 0 Å². The zero-order valence-corrected chi connectivity index (χ0v) is 13.1. The summed E-state index contributed by atoms with van der Waals surface area (Å²) < 4.78 is 5.19. The molecule has 1 heterocycles. The fourth-order valence-electron chi connectivity index (χ4n) is 2.32. The van der Waals surface area contributed by atoms with Crippen LogP contribution in [-0.4, -0.2) is 17.6 Å². The van der Waals surface area contributed by atoms with E-state index >= 15 is 0 Å². The number of fused-ring (bicyclic) bond motifs is 1. The Balaban J connectivity index is 2.11. The number of carbonyl (C=O) groups is 1. The van der Waals surface area contributed by atoms with E-state index in [1.54, 1.807) is 6.07 Å². The number of rotatable bonds is 4. The number of esters is 1. The summed E-state index contributed by atoms with van der Waals surface area (Å²) in [7, 11) is 0. The van der Waals surface area contributed by atoms with Crippen LogP contribution in [-0.2, 0) is 4.74 Å². The number of ether oxygens (including phenoxy) is 1. The van der Waals surface area contributed by atoms with Gasteiger partial charge in [0.05, 0.1) is 16.8 Å². The molecule has 0 radical (unpaired) electrons. The molecule has 1 aromatic heterocycles. The van der Waals surface area contributed by atoms with Gasteiger partial charge in [-0.15, -0.1) is 0 Å². The molecule has 3 rings (SSSR count). The van der Waals surface area contributed by atoms with E-state index in [4.69, 9.17) is 16.3 Å². The fraction of sp³-hybridized carbons (Fsp3) is 0.0526. The third-order valence-corrected chi connectivity index (χ3v) is 3.47. The first-order valence-corrected chi connectivity index (χ1v) is 7.48. The Hall–Kier alpha value is -2.65. The molecule has 0 unspecified atom stereocenters. The molecule has 114 valence electrons. The first kappa shape index (κ1) is 15.3. The van der Waals surface area contributed by atoms with Gasteiger partial charge in [-0.1, -0.05) is 66.7 Å². The van der Waals surface area contributed by atoms with Gasteiger partial charge in [-0.2, -0.15) is 0 Å². The number of halogens is 1. The lowest BCUT2D eigenvalue weighted by atomic mass is 10.0. The topological polar surface area (TPSA) is 39.2 Å². The zero-order chi connectivity index (χ0) is 16.2. The second kappa shape index (κ2) is 6.63. The van der Waals surface area contributed by atoms with Gasteiger partial charge in [0, 0.05) is 16.0 Å². The molecule has 0 saturated heterocycles. The van der Waals surface area contributed by atoms with E-state index in [0.717, 1.165) is 22.2 Å². The molecule has 23 heavy (non-hydrogen) atoms. The van der Waals surface area contributed by atoms with Crippen molar-refractivity contribution in [3.63, 3.8) is 0 Å². The van der Waals surface area contributed by atoms with Crippen LogP contribution in [0, 0.1) is 0 Å². The van der Waals surface area contributed by atoms with Gasteiger partial charge in [-0.3, -0.25) is 0 Å². The SMILES string of the molecule is C=C(Cl)COC(=O)c1cc(-c2ccccc2)nc2ccccc12. The molecule has 3 nitrogen and oxygen atoms in total. The molecular formula is C19H14ClNO2. The summed E-state index contributed by atoms with van der Waals surface area (Å²) in [6.07, 6.45) is 0. The first-order valence-electron chi connectivity index (χ1n) is 7.11. The summed E-state index contributed by atoms with van der Waals surface area (Å²) in [5.41, 5.74) is 2.87. The van der Waals surface area contributed by atoms with E-state index in [9.17, 15) is 4.79 Å². The lowest BCUT2D eigenvalue weighted by molar-refractivity contribution is 0.0548. The van der Waals surface area contributed by atoms with Gasteiger partial charge < -0.3 is 4.74 Å². The molecule has 0 amide bonds. The number of para-hydroxylation sites is 1. The van der Waals surface area contributed by atoms with Crippen molar-refractivity contribution in [3.05, 3.63) is 77.8 Å². The molecule has 0 bridgehead atoms. The lowest BCUT2D eigenvalue weighted by Gasteiger charge is -2.09. The average Bonchev–Trinajstić information content (AvgIpc) is 2.59. The Morgan fingerprint density at radius 1 is 1.09 bits per heavy atom. The van der Waals surface area contributed by atoms with Crippen LogP contribution in [0.1, 0.15) is 10.4 Å². The Bertz CT molecular complexity index is 875. The summed E-state index contributed by atoms with van der Waals surface area (Å²) in [6, 6.07) is 18.9. The maximum absolute atomic E-state index is 12.4. The molecule has 0 spiro atoms. The van der Waals surface area contributed by atoms with Crippen LogP contribution in [0.2, 0.25) is 0 Å². The van der Waals surface area contributed by atoms with Crippen LogP contribution in [0.5, 0.6) is 0 Å². The van der Waals surface area contributed by atoms with E-state index < -0.39 is 5.97 Å². The maximum Gasteiger partial charge on any atom is 0.339 e. The Morgan fingerprint density at radius 2 is 1.78 bits per heavy atom. The monoisotopic (exact) mass is 323 g/mol. The molecule has 0 saturated carbocycles. The van der Waals surface area contributed by atoms with E-state index in [0.29, 0.717) is 5.56 Å². The van der Waals surface area contributed by atoms with Crippen LogP contribution in [0.3, 0.4) is 0 Å². The molecule has 0 aliphatic rings. The molecule has 0 fully saturated rings. The number of carbonyl (C=O) groups excluding carboxylic acids is 1. The number of hydrogen-bond donors (Lipinski definition) is 0. The summed E-state index contributed by atoms with van der Waals surface area (Å²) in [6.45, 7) is 3.51. The predicted octanol–water partition coefficient (Wildman–Crippen LogP) is 4.81. The average molecular weight is 324 g/mol. The van der Waals surface area contributed by atoms with Crippen molar-refractivity contribution in [1.82, 2.24) is 4.98 Å². The minimum atomic E-state index is -0.442. The van der Waals surface area contributed by atoms with Gasteiger partial charge in [0.1, 0.15) is 6.61 Å².